The fraction of sp³-hybridized carbons (Fsp3) is 0. The zero-order valence-corrected chi connectivity index (χ0v) is 47.7. The van der Waals surface area contributed by atoms with Crippen molar-refractivity contribution in [1.82, 2.24) is 4.57 Å². The predicted octanol–water partition coefficient (Wildman–Crippen LogP) is 24.1. The maximum Gasteiger partial charge on any atom is 0.0541 e. The third-order valence-electron chi connectivity index (χ3n) is 18.0. The lowest BCUT2D eigenvalue weighted by atomic mass is 9.86. The van der Waals surface area contributed by atoms with Gasteiger partial charge in [-0.05, 0) is 159 Å². The fourth-order valence-corrected chi connectivity index (χ4v) is 16.5. The van der Waals surface area contributed by atoms with Gasteiger partial charge >= 0.3 is 0 Å². The van der Waals surface area contributed by atoms with Gasteiger partial charge < -0.3 is 4.57 Å². The first-order chi connectivity index (χ1) is 42.1. The van der Waals surface area contributed by atoms with Crippen LogP contribution in [0.2, 0.25) is 0 Å². The van der Waals surface area contributed by atoms with E-state index in [0.29, 0.717) is 0 Å². The Kier molecular flexibility index (Phi) is 10.8. The SMILES string of the molecule is c1ccc(-c2c3ccccc3c(-c3ccc(-n4c5ccc(-c6ccc7sc8c(-c9cccc%10ccccc9%10)cccc8c7c6)cc5c5cc(-c6ccc7sc8c(-c9cccc%10ccccc9%10)cccc8c7c6)ccc54)cc3)c3ccccc23)cc1. The zero-order valence-electron chi connectivity index (χ0n) is 46.1. The van der Waals surface area contributed by atoms with E-state index in [-0.39, 0.29) is 0 Å². The van der Waals surface area contributed by atoms with Gasteiger partial charge in [0.1, 0.15) is 0 Å². The minimum absolute atomic E-state index is 1.13. The molecule has 0 spiro atoms. The van der Waals surface area contributed by atoms with Crippen LogP contribution in [0.1, 0.15) is 0 Å². The van der Waals surface area contributed by atoms with E-state index in [4.69, 9.17) is 0 Å². The van der Waals surface area contributed by atoms with E-state index in [9.17, 15) is 0 Å². The van der Waals surface area contributed by atoms with E-state index in [0.717, 1.165) is 5.69 Å². The van der Waals surface area contributed by atoms with Crippen molar-refractivity contribution in [1.29, 1.82) is 0 Å². The Bertz CT molecular complexity index is 5460. The Morgan fingerprint density at radius 1 is 0.212 bits per heavy atom. The molecule has 0 saturated heterocycles. The summed E-state index contributed by atoms with van der Waals surface area (Å²) in [4.78, 5) is 0. The molecule has 0 N–H and O–H groups in total. The molecular weight excluding hydrogens is 1060 g/mol. The molecule has 18 aromatic rings. The van der Waals surface area contributed by atoms with Crippen LogP contribution in [0, 0.1) is 0 Å². The molecule has 0 saturated carbocycles. The highest BCUT2D eigenvalue weighted by Crippen LogP contribution is 2.48. The Morgan fingerprint density at radius 2 is 0.553 bits per heavy atom. The van der Waals surface area contributed by atoms with Crippen LogP contribution in [0.25, 0.3) is 178 Å². The molecule has 3 aromatic heterocycles. The summed E-state index contributed by atoms with van der Waals surface area (Å²) in [5.41, 5.74) is 18.4. The monoisotopic (exact) mass is 1110 g/mol. The van der Waals surface area contributed by atoms with Gasteiger partial charge in [-0.25, -0.2) is 0 Å². The van der Waals surface area contributed by atoms with Crippen molar-refractivity contribution in [3.8, 4) is 72.4 Å². The van der Waals surface area contributed by atoms with Crippen LogP contribution in [0.3, 0.4) is 0 Å². The maximum atomic E-state index is 2.48. The number of rotatable bonds is 7. The average molecular weight is 1110 g/mol. The minimum Gasteiger partial charge on any atom is -0.309 e. The molecule has 1 nitrogen and oxygen atoms in total. The molecule has 394 valence electrons. The first kappa shape index (κ1) is 48.1. The van der Waals surface area contributed by atoms with Gasteiger partial charge in [-0.3, -0.25) is 0 Å². The van der Waals surface area contributed by atoms with Gasteiger partial charge in [0, 0.05) is 67.9 Å². The lowest BCUT2D eigenvalue weighted by Crippen LogP contribution is -1.95. The van der Waals surface area contributed by atoms with Crippen LogP contribution in [0.4, 0.5) is 0 Å². The summed E-state index contributed by atoms with van der Waals surface area (Å²) in [6, 6.07) is 111. The molecule has 0 radical (unpaired) electrons. The molecule has 3 heterocycles. The molecule has 15 aromatic carbocycles. The molecule has 0 unspecified atom stereocenters. The molecule has 18 rings (SSSR count). The molecular formula is C82H49NS2. The average Bonchev–Trinajstić information content (AvgIpc) is 2.62. The molecule has 0 aliphatic heterocycles. The second-order valence-electron chi connectivity index (χ2n) is 22.6. The highest BCUT2D eigenvalue weighted by atomic mass is 32.1. The highest BCUT2D eigenvalue weighted by molar-refractivity contribution is 7.26. The quantitative estimate of drug-likeness (QED) is 0.140. The number of thiophene rings is 2. The Hall–Kier alpha value is -10.4. The summed E-state index contributed by atoms with van der Waals surface area (Å²) in [7, 11) is 0. The van der Waals surface area contributed by atoms with E-state index in [1.54, 1.807) is 0 Å². The number of fused-ring (bicyclic) bond motifs is 13. The first-order valence-corrected chi connectivity index (χ1v) is 30.8. The van der Waals surface area contributed by atoms with Crippen LogP contribution < -0.4 is 0 Å². The number of benzene rings is 15. The number of hydrogen-bond donors (Lipinski definition) is 0. The van der Waals surface area contributed by atoms with Crippen molar-refractivity contribution in [3.63, 3.8) is 0 Å². The molecule has 0 aliphatic rings. The molecule has 3 heteroatoms. The number of hydrogen-bond acceptors (Lipinski definition) is 2. The van der Waals surface area contributed by atoms with Gasteiger partial charge in [0.15, 0.2) is 0 Å². The molecule has 0 fully saturated rings. The molecule has 0 atom stereocenters. The lowest BCUT2D eigenvalue weighted by Gasteiger charge is -2.18. The van der Waals surface area contributed by atoms with E-state index < -0.39 is 0 Å². The van der Waals surface area contributed by atoms with Crippen LogP contribution in [0.5, 0.6) is 0 Å². The highest BCUT2D eigenvalue weighted by Gasteiger charge is 2.21. The number of nitrogens with zero attached hydrogens (tertiary/aromatic N) is 1. The van der Waals surface area contributed by atoms with Gasteiger partial charge in [0.25, 0.3) is 0 Å². The fourth-order valence-electron chi connectivity index (χ4n) is 14.1. The van der Waals surface area contributed by atoms with Crippen molar-refractivity contribution in [2.24, 2.45) is 0 Å². The van der Waals surface area contributed by atoms with E-state index in [1.165, 1.54) is 172 Å². The standard InChI is InChI=1S/C82H49NS2/c1-2-18-52(19-3-1)79-63-24-8-10-26-65(63)80(66-27-11-9-25-64(66)79)53-34-40-58(41-35-53)83-75-42-36-54(56-38-44-77-73(48-56)69-32-14-30-67(81(69)84-77)61-28-12-20-50-16-4-6-22-59(50)61)46-71(75)72-47-55(37-43-76(72)83)57-39-45-78-74(49-57)70-33-15-31-68(82(70)85-78)62-29-13-21-51-17-5-7-23-60(51)62/h1-49H. The normalized spacial score (nSPS) is 12.0. The zero-order chi connectivity index (χ0) is 55.7. The minimum atomic E-state index is 1.13. The number of aromatic nitrogens is 1. The second kappa shape index (κ2) is 19.1. The van der Waals surface area contributed by atoms with Crippen molar-refractivity contribution in [2.45, 2.75) is 0 Å². The molecule has 0 aliphatic carbocycles. The Morgan fingerprint density at radius 3 is 1.02 bits per heavy atom. The third-order valence-corrected chi connectivity index (χ3v) is 20.4. The summed E-state index contributed by atoms with van der Waals surface area (Å²) in [5.74, 6) is 0. The summed E-state index contributed by atoms with van der Waals surface area (Å²) >= 11 is 3.80. The molecule has 0 bridgehead atoms. The third kappa shape index (κ3) is 7.54. The van der Waals surface area contributed by atoms with Gasteiger partial charge in [-0.15, -0.1) is 22.7 Å². The summed E-state index contributed by atoms with van der Waals surface area (Å²) in [6.45, 7) is 0. The van der Waals surface area contributed by atoms with Crippen molar-refractivity contribution in [3.05, 3.63) is 297 Å². The summed E-state index contributed by atoms with van der Waals surface area (Å²) in [5, 5.41) is 17.7. The largest absolute Gasteiger partial charge is 0.309 e. The van der Waals surface area contributed by atoms with Gasteiger partial charge in [0.05, 0.1) is 11.0 Å². The Labute approximate surface area is 498 Å². The van der Waals surface area contributed by atoms with E-state index in [2.05, 4.69) is 302 Å². The second-order valence-corrected chi connectivity index (χ2v) is 24.7. The van der Waals surface area contributed by atoms with E-state index >= 15 is 0 Å². The predicted molar refractivity (Wildman–Crippen MR) is 369 cm³/mol. The molecule has 0 amide bonds. The Balaban J connectivity index is 0.800. The van der Waals surface area contributed by atoms with Crippen molar-refractivity contribution in [2.75, 3.05) is 0 Å². The van der Waals surface area contributed by atoms with Gasteiger partial charge in [-0.1, -0.05) is 237 Å². The van der Waals surface area contributed by atoms with Crippen LogP contribution in [-0.2, 0) is 0 Å². The van der Waals surface area contributed by atoms with Crippen LogP contribution >= 0.6 is 22.7 Å². The smallest absolute Gasteiger partial charge is 0.0541 e. The summed E-state index contributed by atoms with van der Waals surface area (Å²) < 4.78 is 7.72. The molecule has 85 heavy (non-hydrogen) atoms. The first-order valence-electron chi connectivity index (χ1n) is 29.2. The van der Waals surface area contributed by atoms with Crippen LogP contribution in [0.15, 0.2) is 297 Å². The maximum absolute atomic E-state index is 2.48. The topological polar surface area (TPSA) is 4.93 Å². The van der Waals surface area contributed by atoms with E-state index in [1.807, 2.05) is 22.7 Å². The van der Waals surface area contributed by atoms with Crippen LogP contribution in [-0.4, -0.2) is 4.57 Å². The summed E-state index contributed by atoms with van der Waals surface area (Å²) in [6.07, 6.45) is 0. The lowest BCUT2D eigenvalue weighted by molar-refractivity contribution is 1.18. The van der Waals surface area contributed by atoms with Gasteiger partial charge in [0.2, 0.25) is 0 Å². The van der Waals surface area contributed by atoms with Gasteiger partial charge in [-0.2, -0.15) is 0 Å². The van der Waals surface area contributed by atoms with Crippen molar-refractivity contribution >= 4 is 128 Å². The van der Waals surface area contributed by atoms with Crippen molar-refractivity contribution < 1.29 is 0 Å².